The molecule has 5 N–H and O–H groups in total. The number of carbonyl (C=O) groups excluding carboxylic acids is 3. The van der Waals surface area contributed by atoms with Crippen molar-refractivity contribution < 1.29 is 14.4 Å². The van der Waals surface area contributed by atoms with Crippen molar-refractivity contribution in [3.63, 3.8) is 0 Å². The van der Waals surface area contributed by atoms with E-state index in [9.17, 15) is 14.4 Å². The fraction of sp³-hybridized carbons (Fsp3) is 0.714. The van der Waals surface area contributed by atoms with Crippen molar-refractivity contribution in [1.29, 1.82) is 0 Å². The second-order valence-electron chi connectivity index (χ2n) is 14.4. The molecule has 0 bridgehead atoms. The monoisotopic (exact) mass is 604 g/mol. The van der Waals surface area contributed by atoms with Crippen LogP contribution in [0.4, 0.5) is 4.79 Å². The number of guanidine groups is 1. The maximum Gasteiger partial charge on any atom is 0.325 e. The molecule has 2 atom stereocenters. The number of fused-ring (bicyclic) bond motifs is 2. The number of carbonyl (C=O) groups is 3. The number of rotatable bonds is 9. The number of hydrogen-bond donors (Lipinski definition) is 3. The number of nitrogens with one attached hydrogen (secondary N) is 1. The largest absolute Gasteiger partial charge is 0.370 e. The number of nitrogens with two attached hydrogens (primary N) is 2. The summed E-state index contributed by atoms with van der Waals surface area (Å²) in [5.74, 6) is 1.68. The fourth-order valence-electron chi connectivity index (χ4n) is 9.33. The van der Waals surface area contributed by atoms with Crippen LogP contribution in [0.3, 0.4) is 0 Å². The average molecular weight is 605 g/mol. The molecule has 0 aromatic heterocycles. The summed E-state index contributed by atoms with van der Waals surface area (Å²) < 4.78 is 0. The lowest BCUT2D eigenvalue weighted by atomic mass is 9.70. The molecular weight excluding hydrogens is 552 g/mol. The highest BCUT2D eigenvalue weighted by molar-refractivity contribution is 6.07. The number of aliphatic imine (C=N–C) groups is 1. The number of hydrogen-bond acceptors (Lipinski definition) is 4. The molecule has 9 nitrogen and oxygen atoms in total. The lowest BCUT2D eigenvalue weighted by Crippen LogP contribution is -2.55. The maximum atomic E-state index is 14.4. The van der Waals surface area contributed by atoms with Crippen molar-refractivity contribution in [2.24, 2.45) is 34.2 Å². The van der Waals surface area contributed by atoms with E-state index in [1.54, 1.807) is 0 Å². The summed E-state index contributed by atoms with van der Waals surface area (Å²) in [7, 11) is 0. The van der Waals surface area contributed by atoms with Gasteiger partial charge < -0.3 is 21.7 Å². The Kier molecular flexibility index (Phi) is 9.48. The molecular formula is C35H52N6O3. The van der Waals surface area contributed by atoms with E-state index in [-0.39, 0.29) is 23.2 Å². The third kappa shape index (κ3) is 6.47. The van der Waals surface area contributed by atoms with E-state index < -0.39 is 18.1 Å². The van der Waals surface area contributed by atoms with Gasteiger partial charge in [-0.2, -0.15) is 0 Å². The molecule has 6 rings (SSSR count). The highest BCUT2D eigenvalue weighted by atomic mass is 16.2. The highest BCUT2D eigenvalue weighted by Gasteiger charge is 2.48. The van der Waals surface area contributed by atoms with Gasteiger partial charge in [0.15, 0.2) is 5.96 Å². The topological polar surface area (TPSA) is 134 Å². The van der Waals surface area contributed by atoms with Crippen molar-refractivity contribution in [3.8, 4) is 0 Å². The van der Waals surface area contributed by atoms with Gasteiger partial charge in [-0.3, -0.25) is 14.6 Å². The molecule has 2 saturated heterocycles. The van der Waals surface area contributed by atoms with Crippen molar-refractivity contribution >= 4 is 23.8 Å². The van der Waals surface area contributed by atoms with Crippen LogP contribution in [0.2, 0.25) is 0 Å². The summed E-state index contributed by atoms with van der Waals surface area (Å²) in [6.45, 7) is 1.74. The van der Waals surface area contributed by atoms with Crippen LogP contribution in [-0.2, 0) is 21.4 Å². The summed E-state index contributed by atoms with van der Waals surface area (Å²) in [5, 5.41) is 2.87. The van der Waals surface area contributed by atoms with Crippen LogP contribution in [-0.4, -0.2) is 65.3 Å². The summed E-state index contributed by atoms with van der Waals surface area (Å²) in [6, 6.07) is 6.94. The Labute approximate surface area is 262 Å². The first kappa shape index (κ1) is 30.9. The van der Waals surface area contributed by atoms with E-state index in [0.29, 0.717) is 44.8 Å². The molecule has 1 aromatic rings. The van der Waals surface area contributed by atoms with Gasteiger partial charge in [0.1, 0.15) is 12.1 Å². The lowest BCUT2D eigenvalue weighted by Gasteiger charge is -2.42. The fourth-order valence-corrected chi connectivity index (χ4v) is 9.33. The predicted molar refractivity (Wildman–Crippen MR) is 172 cm³/mol. The Morgan fingerprint density at radius 1 is 0.955 bits per heavy atom. The number of benzene rings is 1. The highest BCUT2D eigenvalue weighted by Crippen LogP contribution is 2.47. The van der Waals surface area contributed by atoms with Gasteiger partial charge >= 0.3 is 6.03 Å². The molecule has 5 aliphatic rings. The molecule has 2 heterocycles. The van der Waals surface area contributed by atoms with Crippen LogP contribution in [0.5, 0.6) is 0 Å². The van der Waals surface area contributed by atoms with Crippen LogP contribution in [0.25, 0.3) is 0 Å². The Morgan fingerprint density at radius 2 is 1.66 bits per heavy atom. The van der Waals surface area contributed by atoms with Gasteiger partial charge in [0.25, 0.3) is 5.91 Å². The van der Waals surface area contributed by atoms with Crippen LogP contribution < -0.4 is 16.8 Å². The molecule has 4 amide bonds. The summed E-state index contributed by atoms with van der Waals surface area (Å²) in [4.78, 5) is 48.7. The number of amides is 4. The van der Waals surface area contributed by atoms with Crippen LogP contribution in [0, 0.1) is 17.8 Å². The zero-order valence-corrected chi connectivity index (χ0v) is 26.4. The lowest BCUT2D eigenvalue weighted by molar-refractivity contribution is -0.144. The van der Waals surface area contributed by atoms with Gasteiger partial charge in [-0.15, -0.1) is 0 Å². The normalized spacial score (nSPS) is 27.7. The summed E-state index contributed by atoms with van der Waals surface area (Å²) >= 11 is 0. The predicted octanol–water partition coefficient (Wildman–Crippen LogP) is 4.61. The van der Waals surface area contributed by atoms with Crippen LogP contribution in [0.15, 0.2) is 29.3 Å². The van der Waals surface area contributed by atoms with Crippen molar-refractivity contribution in [3.05, 3.63) is 35.4 Å². The Morgan fingerprint density at radius 3 is 2.39 bits per heavy atom. The van der Waals surface area contributed by atoms with Gasteiger partial charge in [0.2, 0.25) is 5.91 Å². The van der Waals surface area contributed by atoms with Crippen LogP contribution >= 0.6 is 0 Å². The number of nitrogens with zero attached hydrogens (tertiary/aromatic N) is 3. The zero-order valence-electron chi connectivity index (χ0n) is 26.4. The second-order valence-corrected chi connectivity index (χ2v) is 14.4. The van der Waals surface area contributed by atoms with Crippen molar-refractivity contribution in [2.45, 2.75) is 120 Å². The summed E-state index contributed by atoms with van der Waals surface area (Å²) in [5.41, 5.74) is 13.9. The first-order valence-corrected chi connectivity index (χ1v) is 17.4. The van der Waals surface area contributed by atoms with Crippen molar-refractivity contribution in [2.75, 3.05) is 19.6 Å². The quantitative estimate of drug-likeness (QED) is 0.164. The smallest absolute Gasteiger partial charge is 0.325 e. The van der Waals surface area contributed by atoms with E-state index >= 15 is 0 Å². The summed E-state index contributed by atoms with van der Waals surface area (Å²) in [6.07, 6.45) is 17.1. The van der Waals surface area contributed by atoms with E-state index in [1.807, 2.05) is 4.90 Å². The Bertz CT molecular complexity index is 1220. The minimum absolute atomic E-state index is 0.0154. The molecule has 44 heavy (non-hydrogen) atoms. The third-order valence-corrected chi connectivity index (χ3v) is 11.9. The van der Waals surface area contributed by atoms with Crippen LogP contribution in [0.1, 0.15) is 107 Å². The SMILES string of the molecule is NC(N)=NCCC[C@H]1NC(=O)N([C@H](CC2CCC(C3CCCCC3)CC2)C(=O)N2CCC3(CCc4ccccc43)CC2)C1=O. The number of urea groups is 1. The molecule has 240 valence electrons. The molecule has 9 heteroatoms. The van der Waals surface area contributed by atoms with E-state index in [2.05, 4.69) is 34.6 Å². The molecule has 4 fully saturated rings. The Balaban J connectivity index is 1.14. The maximum absolute atomic E-state index is 14.4. The molecule has 1 spiro atoms. The third-order valence-electron chi connectivity index (χ3n) is 11.9. The minimum Gasteiger partial charge on any atom is -0.370 e. The van der Waals surface area contributed by atoms with E-state index in [4.69, 9.17) is 11.5 Å². The van der Waals surface area contributed by atoms with Gasteiger partial charge in [0, 0.05) is 19.6 Å². The zero-order chi connectivity index (χ0) is 30.7. The standard InChI is InChI=1S/C35H52N6O3/c36-33(37)38-20-6-11-29-31(42)41(34(44)39-29)30(23-24-12-14-26(15-13-24)25-7-2-1-3-8-25)32(43)40-21-18-35(19-22-40)17-16-27-9-4-5-10-28(27)35/h4-5,9-10,24-26,29-30H,1-3,6-8,11-23H2,(H,39,44)(H4,36,37,38)/t24?,26?,29-,30-/m1/s1. The number of aryl methyl sites for hydroxylation is 1. The average Bonchev–Trinajstić information content (AvgIpc) is 3.54. The Hall–Kier alpha value is -3.10. The van der Waals surface area contributed by atoms with Gasteiger partial charge in [-0.05, 0) is 92.1 Å². The van der Waals surface area contributed by atoms with E-state index in [0.717, 1.165) is 50.4 Å². The second kappa shape index (κ2) is 13.5. The first-order chi connectivity index (χ1) is 21.3. The molecule has 1 aromatic carbocycles. The van der Waals surface area contributed by atoms with E-state index in [1.165, 1.54) is 61.0 Å². The molecule has 2 aliphatic heterocycles. The molecule has 2 saturated carbocycles. The van der Waals surface area contributed by atoms with Gasteiger partial charge in [-0.25, -0.2) is 9.69 Å². The molecule has 3 aliphatic carbocycles. The van der Waals surface area contributed by atoms with Gasteiger partial charge in [0.05, 0.1) is 0 Å². The van der Waals surface area contributed by atoms with Gasteiger partial charge in [-0.1, -0.05) is 69.2 Å². The minimum atomic E-state index is -0.744. The molecule has 0 unspecified atom stereocenters. The molecule has 0 radical (unpaired) electrons. The first-order valence-electron chi connectivity index (χ1n) is 17.4. The van der Waals surface area contributed by atoms with Crippen molar-refractivity contribution in [1.82, 2.24) is 15.1 Å². The number of likely N-dealkylation sites (tertiary alicyclic amines) is 1. The number of piperidine rings is 1. The number of imide groups is 1.